The number of carbonyl (C=O) groups excluding carboxylic acids is 2. The number of rotatable bonds is 8. The summed E-state index contributed by atoms with van der Waals surface area (Å²) in [5.41, 5.74) is -1.15. The fourth-order valence-electron chi connectivity index (χ4n) is 3.83. The van der Waals surface area contributed by atoms with Gasteiger partial charge in [-0.25, -0.2) is 9.18 Å². The van der Waals surface area contributed by atoms with E-state index in [2.05, 4.69) is 4.74 Å². The molecule has 9 heteroatoms. The largest absolute Gasteiger partial charge is 0.469 e. The molecule has 0 bridgehead atoms. The molecule has 0 aliphatic heterocycles. The first kappa shape index (κ1) is 26.7. The van der Waals surface area contributed by atoms with E-state index in [9.17, 15) is 22.8 Å². The van der Waals surface area contributed by atoms with Crippen molar-refractivity contribution in [2.45, 2.75) is 32.7 Å². The minimum absolute atomic E-state index is 0.179. The van der Waals surface area contributed by atoms with Gasteiger partial charge in [-0.3, -0.25) is 4.79 Å². The van der Waals surface area contributed by atoms with Crippen LogP contribution in [0.25, 0.3) is 11.1 Å². The maximum absolute atomic E-state index is 15.2. The molecular weight excluding hydrogens is 478 g/mol. The van der Waals surface area contributed by atoms with E-state index in [1.165, 1.54) is 17.0 Å². The lowest BCUT2D eigenvalue weighted by Gasteiger charge is -2.23. The third-order valence-electron chi connectivity index (χ3n) is 5.61. The van der Waals surface area contributed by atoms with Gasteiger partial charge in [-0.15, -0.1) is 0 Å². The van der Waals surface area contributed by atoms with E-state index in [0.29, 0.717) is 6.07 Å². The lowest BCUT2D eigenvalue weighted by Crippen LogP contribution is -2.31. The van der Waals surface area contributed by atoms with Crippen molar-refractivity contribution in [1.29, 1.82) is 0 Å². The molecule has 1 amide bonds. The average Bonchev–Trinajstić information content (AvgIpc) is 2.87. The molecule has 0 spiro atoms. The van der Waals surface area contributed by atoms with Gasteiger partial charge in [0.2, 0.25) is 0 Å². The van der Waals surface area contributed by atoms with Gasteiger partial charge in [0.25, 0.3) is 0 Å². The van der Waals surface area contributed by atoms with Crippen LogP contribution in [0.4, 0.5) is 22.4 Å². The van der Waals surface area contributed by atoms with Gasteiger partial charge in [-0.2, -0.15) is 13.2 Å². The van der Waals surface area contributed by atoms with Gasteiger partial charge in [-0.1, -0.05) is 60.7 Å². The molecule has 0 heterocycles. The maximum atomic E-state index is 15.2. The van der Waals surface area contributed by atoms with Gasteiger partial charge < -0.3 is 14.4 Å². The molecule has 5 nitrogen and oxygen atoms in total. The predicted octanol–water partition coefficient (Wildman–Crippen LogP) is 6.39. The number of carbonyl (C=O) groups is 2. The highest BCUT2D eigenvalue weighted by Gasteiger charge is 2.37. The zero-order valence-electron chi connectivity index (χ0n) is 19.8. The predicted molar refractivity (Wildman–Crippen MR) is 125 cm³/mol. The molecule has 0 saturated heterocycles. The van der Waals surface area contributed by atoms with E-state index in [1.54, 1.807) is 25.1 Å². The molecule has 0 fully saturated rings. The van der Waals surface area contributed by atoms with E-state index in [-0.39, 0.29) is 29.8 Å². The molecule has 190 valence electrons. The van der Waals surface area contributed by atoms with E-state index < -0.39 is 48.2 Å². The highest BCUT2D eigenvalue weighted by atomic mass is 19.4. The van der Waals surface area contributed by atoms with Crippen LogP contribution in [0.1, 0.15) is 29.2 Å². The zero-order chi connectivity index (χ0) is 26.3. The average molecular weight is 503 g/mol. The summed E-state index contributed by atoms with van der Waals surface area (Å²) in [5.74, 6) is -2.09. The number of amides is 1. The Balaban J connectivity index is 2.06. The first-order valence-corrected chi connectivity index (χ1v) is 11.1. The molecule has 0 radical (unpaired) electrons. The number of hydrogen-bond donors (Lipinski definition) is 0. The van der Waals surface area contributed by atoms with Gasteiger partial charge in [-0.05, 0) is 29.7 Å². The summed E-state index contributed by atoms with van der Waals surface area (Å²) in [7, 11) is 1.04. The molecule has 0 aliphatic rings. The van der Waals surface area contributed by atoms with Crippen molar-refractivity contribution in [2.24, 2.45) is 0 Å². The smallest absolute Gasteiger partial charge is 0.416 e. The SMILES string of the molecule is CCN(Cc1ccccc1)C(=O)OCc1c(CC(=O)OC)c(C(F)(F)F)cc(F)c1-c1ccccc1. The maximum Gasteiger partial charge on any atom is 0.416 e. The highest BCUT2D eigenvalue weighted by molar-refractivity contribution is 5.78. The minimum Gasteiger partial charge on any atom is -0.469 e. The fourth-order valence-corrected chi connectivity index (χ4v) is 3.83. The number of alkyl halides is 3. The zero-order valence-corrected chi connectivity index (χ0v) is 19.8. The first-order chi connectivity index (χ1) is 17.2. The van der Waals surface area contributed by atoms with Crippen LogP contribution < -0.4 is 0 Å². The van der Waals surface area contributed by atoms with Crippen LogP contribution in [0.3, 0.4) is 0 Å². The lowest BCUT2D eigenvalue weighted by atomic mass is 9.89. The molecule has 0 aromatic heterocycles. The Morgan fingerprint density at radius 2 is 1.56 bits per heavy atom. The quantitative estimate of drug-likeness (QED) is 0.264. The normalized spacial score (nSPS) is 11.2. The molecule has 0 atom stereocenters. The Kier molecular flexibility index (Phi) is 8.68. The van der Waals surface area contributed by atoms with Crippen molar-refractivity contribution in [3.8, 4) is 11.1 Å². The summed E-state index contributed by atoms with van der Waals surface area (Å²) >= 11 is 0. The molecular formula is C27H25F4NO4. The van der Waals surface area contributed by atoms with E-state index in [1.807, 2.05) is 30.3 Å². The number of hydrogen-bond acceptors (Lipinski definition) is 4. The van der Waals surface area contributed by atoms with Crippen molar-refractivity contribution in [2.75, 3.05) is 13.7 Å². The molecule has 36 heavy (non-hydrogen) atoms. The van der Waals surface area contributed by atoms with Crippen LogP contribution in [-0.4, -0.2) is 30.6 Å². The van der Waals surface area contributed by atoms with Crippen LogP contribution in [0.15, 0.2) is 66.7 Å². The summed E-state index contributed by atoms with van der Waals surface area (Å²) in [6.07, 6.45) is -6.52. The van der Waals surface area contributed by atoms with Crippen molar-refractivity contribution in [3.05, 3.63) is 94.8 Å². The molecule has 0 N–H and O–H groups in total. The summed E-state index contributed by atoms with van der Waals surface area (Å²) in [4.78, 5) is 26.3. The second-order valence-corrected chi connectivity index (χ2v) is 7.91. The minimum atomic E-state index is -4.96. The van der Waals surface area contributed by atoms with Crippen LogP contribution in [0, 0.1) is 5.82 Å². The standard InChI is InChI=1S/C27H25F4NO4/c1-3-32(16-18-10-6-4-7-11-18)26(34)36-17-21-20(14-24(33)35-2)22(27(29,30)31)15-23(28)25(21)19-12-8-5-9-13-19/h4-13,15H,3,14,16-17H2,1-2H3. The number of nitrogens with zero attached hydrogens (tertiary/aromatic N) is 1. The van der Waals surface area contributed by atoms with Crippen LogP contribution in [-0.2, 0) is 40.0 Å². The van der Waals surface area contributed by atoms with Gasteiger partial charge >= 0.3 is 18.2 Å². The molecule has 3 aromatic carbocycles. The van der Waals surface area contributed by atoms with Gasteiger partial charge in [0, 0.05) is 24.2 Å². The Hall–Kier alpha value is -3.88. The van der Waals surface area contributed by atoms with Crippen molar-refractivity contribution in [1.82, 2.24) is 4.90 Å². The second-order valence-electron chi connectivity index (χ2n) is 7.91. The topological polar surface area (TPSA) is 55.8 Å². The van der Waals surface area contributed by atoms with Crippen molar-refractivity contribution < 1.29 is 36.6 Å². The fraction of sp³-hybridized carbons (Fsp3) is 0.259. The third kappa shape index (κ3) is 6.41. The molecule has 0 aliphatic carbocycles. The monoisotopic (exact) mass is 503 g/mol. The summed E-state index contributed by atoms with van der Waals surface area (Å²) in [6.45, 7) is 1.53. The number of methoxy groups -OCH3 is 1. The van der Waals surface area contributed by atoms with Gasteiger partial charge in [0.1, 0.15) is 12.4 Å². The summed E-state index contributed by atoms with van der Waals surface area (Å²) in [6, 6.07) is 17.4. The highest BCUT2D eigenvalue weighted by Crippen LogP contribution is 2.40. The Morgan fingerprint density at radius 1 is 0.944 bits per heavy atom. The third-order valence-corrected chi connectivity index (χ3v) is 5.61. The Labute approximate surface area is 206 Å². The number of esters is 1. The second kappa shape index (κ2) is 11.7. The Bertz CT molecular complexity index is 1200. The summed E-state index contributed by atoms with van der Waals surface area (Å²) < 4.78 is 66.8. The van der Waals surface area contributed by atoms with Crippen LogP contribution >= 0.6 is 0 Å². The number of ether oxygens (including phenoxy) is 2. The first-order valence-electron chi connectivity index (χ1n) is 11.1. The van der Waals surface area contributed by atoms with E-state index in [4.69, 9.17) is 4.74 Å². The molecule has 0 unspecified atom stereocenters. The molecule has 3 aromatic rings. The van der Waals surface area contributed by atoms with E-state index >= 15 is 4.39 Å². The Morgan fingerprint density at radius 3 is 2.11 bits per heavy atom. The molecule has 3 rings (SSSR count). The number of halogens is 4. The van der Waals surface area contributed by atoms with Crippen LogP contribution in [0.5, 0.6) is 0 Å². The van der Waals surface area contributed by atoms with Crippen LogP contribution in [0.2, 0.25) is 0 Å². The van der Waals surface area contributed by atoms with Crippen molar-refractivity contribution in [3.63, 3.8) is 0 Å². The summed E-state index contributed by atoms with van der Waals surface area (Å²) in [5, 5.41) is 0. The van der Waals surface area contributed by atoms with Gasteiger partial charge in [0.15, 0.2) is 0 Å². The van der Waals surface area contributed by atoms with Crippen molar-refractivity contribution >= 4 is 12.1 Å². The van der Waals surface area contributed by atoms with Gasteiger partial charge in [0.05, 0.1) is 19.1 Å². The number of benzene rings is 3. The van der Waals surface area contributed by atoms with E-state index in [0.717, 1.165) is 12.7 Å². The molecule has 0 saturated carbocycles. The lowest BCUT2D eigenvalue weighted by molar-refractivity contribution is -0.141.